The zero-order valence-corrected chi connectivity index (χ0v) is 16.5. The van der Waals surface area contributed by atoms with E-state index in [-0.39, 0.29) is 11.5 Å². The fourth-order valence-electron chi connectivity index (χ4n) is 2.48. The number of alkyl halides is 3. The predicted octanol–water partition coefficient (Wildman–Crippen LogP) is 4.86. The SMILES string of the molecule is CNC(=O)c1cc(Sc2ccc(NC(=O)c3ccc(C(F)(F)F)cc3)cc2)ccn1. The van der Waals surface area contributed by atoms with E-state index in [1.54, 1.807) is 42.6 Å². The number of nitrogens with one attached hydrogen (secondary N) is 2. The average molecular weight is 431 g/mol. The van der Waals surface area contributed by atoms with Gasteiger partial charge in [0.05, 0.1) is 5.56 Å². The third kappa shape index (κ3) is 5.38. The maximum Gasteiger partial charge on any atom is 0.416 e. The molecular weight excluding hydrogens is 415 g/mol. The van der Waals surface area contributed by atoms with Crippen molar-refractivity contribution in [3.63, 3.8) is 0 Å². The number of hydrogen-bond donors (Lipinski definition) is 2. The van der Waals surface area contributed by atoms with E-state index >= 15 is 0 Å². The lowest BCUT2D eigenvalue weighted by Crippen LogP contribution is -2.18. The first kappa shape index (κ1) is 21.4. The van der Waals surface area contributed by atoms with Crippen LogP contribution in [0, 0.1) is 0 Å². The third-order valence-corrected chi connectivity index (χ3v) is 5.01. The second kappa shape index (κ2) is 9.00. The molecule has 154 valence electrons. The fourth-order valence-corrected chi connectivity index (χ4v) is 3.33. The Labute approximate surface area is 174 Å². The van der Waals surface area contributed by atoms with Gasteiger partial charge in [-0.25, -0.2) is 0 Å². The fraction of sp³-hybridized carbons (Fsp3) is 0.0952. The number of anilines is 1. The van der Waals surface area contributed by atoms with E-state index in [9.17, 15) is 22.8 Å². The summed E-state index contributed by atoms with van der Waals surface area (Å²) in [5.41, 5.74) is 0.129. The van der Waals surface area contributed by atoms with Gasteiger partial charge in [-0.3, -0.25) is 14.6 Å². The Balaban J connectivity index is 1.64. The summed E-state index contributed by atoms with van der Waals surface area (Å²) in [5.74, 6) is -0.785. The highest BCUT2D eigenvalue weighted by atomic mass is 32.2. The van der Waals surface area contributed by atoms with Crippen molar-refractivity contribution in [3.05, 3.63) is 83.7 Å². The van der Waals surface area contributed by atoms with E-state index in [0.29, 0.717) is 11.4 Å². The molecule has 0 saturated carbocycles. The average Bonchev–Trinajstić information content (AvgIpc) is 2.74. The van der Waals surface area contributed by atoms with E-state index in [1.165, 1.54) is 18.8 Å². The summed E-state index contributed by atoms with van der Waals surface area (Å²) in [4.78, 5) is 29.6. The zero-order valence-electron chi connectivity index (χ0n) is 15.7. The normalized spacial score (nSPS) is 11.1. The summed E-state index contributed by atoms with van der Waals surface area (Å²) in [7, 11) is 1.53. The van der Waals surface area contributed by atoms with Crippen LogP contribution in [0.3, 0.4) is 0 Å². The molecule has 0 aliphatic rings. The minimum atomic E-state index is -4.45. The first-order chi connectivity index (χ1) is 14.3. The van der Waals surface area contributed by atoms with Crippen molar-refractivity contribution in [1.29, 1.82) is 0 Å². The van der Waals surface area contributed by atoms with Gasteiger partial charge in [-0.1, -0.05) is 11.8 Å². The van der Waals surface area contributed by atoms with Gasteiger partial charge in [-0.15, -0.1) is 0 Å². The van der Waals surface area contributed by atoms with Gasteiger partial charge in [-0.05, 0) is 60.7 Å². The topological polar surface area (TPSA) is 71.1 Å². The molecule has 0 atom stereocenters. The van der Waals surface area contributed by atoms with E-state index in [1.807, 2.05) is 0 Å². The van der Waals surface area contributed by atoms with Gasteiger partial charge in [0.15, 0.2) is 0 Å². The molecule has 9 heteroatoms. The Morgan fingerprint density at radius 3 is 2.17 bits per heavy atom. The van der Waals surface area contributed by atoms with Crippen molar-refractivity contribution in [1.82, 2.24) is 10.3 Å². The summed E-state index contributed by atoms with van der Waals surface area (Å²) in [6, 6.07) is 14.4. The van der Waals surface area contributed by atoms with Gasteiger partial charge in [0, 0.05) is 34.3 Å². The molecule has 1 aromatic heterocycles. The monoisotopic (exact) mass is 431 g/mol. The zero-order chi connectivity index (χ0) is 21.7. The molecular formula is C21H16F3N3O2S. The lowest BCUT2D eigenvalue weighted by molar-refractivity contribution is -0.137. The molecule has 0 aliphatic heterocycles. The van der Waals surface area contributed by atoms with E-state index < -0.39 is 17.6 Å². The highest BCUT2D eigenvalue weighted by molar-refractivity contribution is 7.99. The van der Waals surface area contributed by atoms with Crippen LogP contribution in [0.1, 0.15) is 26.4 Å². The molecule has 0 radical (unpaired) electrons. The molecule has 1 heterocycles. The van der Waals surface area contributed by atoms with Gasteiger partial charge < -0.3 is 10.6 Å². The van der Waals surface area contributed by atoms with E-state index in [0.717, 1.165) is 34.1 Å². The first-order valence-corrected chi connectivity index (χ1v) is 9.52. The second-order valence-corrected chi connectivity index (χ2v) is 7.26. The molecule has 30 heavy (non-hydrogen) atoms. The minimum Gasteiger partial charge on any atom is -0.354 e. The van der Waals surface area contributed by atoms with Crippen molar-refractivity contribution in [2.45, 2.75) is 16.0 Å². The molecule has 0 saturated heterocycles. The van der Waals surface area contributed by atoms with Crippen molar-refractivity contribution in [3.8, 4) is 0 Å². The van der Waals surface area contributed by atoms with Crippen LogP contribution in [0.2, 0.25) is 0 Å². The van der Waals surface area contributed by atoms with Gasteiger partial charge in [0.2, 0.25) is 0 Å². The quantitative estimate of drug-likeness (QED) is 0.605. The van der Waals surface area contributed by atoms with Crippen LogP contribution in [0.15, 0.2) is 76.7 Å². The number of amides is 2. The van der Waals surface area contributed by atoms with Gasteiger partial charge in [-0.2, -0.15) is 13.2 Å². The highest BCUT2D eigenvalue weighted by Gasteiger charge is 2.30. The van der Waals surface area contributed by atoms with Crippen LogP contribution < -0.4 is 10.6 Å². The second-order valence-electron chi connectivity index (χ2n) is 6.11. The highest BCUT2D eigenvalue weighted by Crippen LogP contribution is 2.30. The molecule has 0 bridgehead atoms. The number of pyridine rings is 1. The first-order valence-electron chi connectivity index (χ1n) is 8.71. The summed E-state index contributed by atoms with van der Waals surface area (Å²) in [6.07, 6.45) is -2.90. The molecule has 0 fully saturated rings. The largest absolute Gasteiger partial charge is 0.416 e. The Kier molecular flexibility index (Phi) is 6.41. The molecule has 0 unspecified atom stereocenters. The molecule has 2 N–H and O–H groups in total. The molecule has 3 aromatic rings. The lowest BCUT2D eigenvalue weighted by Gasteiger charge is -2.09. The predicted molar refractivity (Wildman–Crippen MR) is 108 cm³/mol. The summed E-state index contributed by atoms with van der Waals surface area (Å²) in [5, 5.41) is 5.16. The van der Waals surface area contributed by atoms with E-state index in [4.69, 9.17) is 0 Å². The van der Waals surface area contributed by atoms with Crippen LogP contribution in [0.5, 0.6) is 0 Å². The summed E-state index contributed by atoms with van der Waals surface area (Å²) >= 11 is 1.42. The minimum absolute atomic E-state index is 0.125. The van der Waals surface area contributed by atoms with Gasteiger partial charge >= 0.3 is 6.18 Å². The molecule has 3 rings (SSSR count). The van der Waals surface area contributed by atoms with Crippen molar-refractivity contribution >= 4 is 29.3 Å². The molecule has 0 aliphatic carbocycles. The molecule has 2 aromatic carbocycles. The van der Waals surface area contributed by atoms with Gasteiger partial charge in [0.1, 0.15) is 5.69 Å². The number of carbonyl (C=O) groups is 2. The Morgan fingerprint density at radius 1 is 0.900 bits per heavy atom. The lowest BCUT2D eigenvalue weighted by atomic mass is 10.1. The number of benzene rings is 2. The molecule has 5 nitrogen and oxygen atoms in total. The van der Waals surface area contributed by atoms with Crippen LogP contribution in [0.4, 0.5) is 18.9 Å². The van der Waals surface area contributed by atoms with Crippen LogP contribution >= 0.6 is 11.8 Å². The molecule has 0 spiro atoms. The standard InChI is InChI=1S/C21H16F3N3O2S/c1-25-20(29)18-12-17(10-11-26-18)30-16-8-6-15(7-9-16)27-19(28)13-2-4-14(5-3-13)21(22,23)24/h2-12H,1H3,(H,25,29)(H,27,28). The Morgan fingerprint density at radius 2 is 1.57 bits per heavy atom. The number of nitrogens with zero attached hydrogens (tertiary/aromatic N) is 1. The number of aromatic nitrogens is 1. The van der Waals surface area contributed by atoms with Crippen molar-refractivity contribution in [2.24, 2.45) is 0 Å². The Hall–Kier alpha value is -3.33. The number of carbonyl (C=O) groups excluding carboxylic acids is 2. The van der Waals surface area contributed by atoms with Crippen molar-refractivity contribution < 1.29 is 22.8 Å². The van der Waals surface area contributed by atoms with Crippen LogP contribution in [-0.4, -0.2) is 23.8 Å². The van der Waals surface area contributed by atoms with Crippen LogP contribution in [-0.2, 0) is 6.18 Å². The maximum atomic E-state index is 12.6. The van der Waals surface area contributed by atoms with E-state index in [2.05, 4.69) is 15.6 Å². The summed E-state index contributed by atoms with van der Waals surface area (Å²) < 4.78 is 37.8. The number of rotatable bonds is 5. The summed E-state index contributed by atoms with van der Waals surface area (Å²) in [6.45, 7) is 0. The number of halogens is 3. The van der Waals surface area contributed by atoms with Crippen LogP contribution in [0.25, 0.3) is 0 Å². The van der Waals surface area contributed by atoms with Crippen molar-refractivity contribution in [2.75, 3.05) is 12.4 Å². The third-order valence-electron chi connectivity index (χ3n) is 4.01. The number of hydrogen-bond acceptors (Lipinski definition) is 4. The Bertz CT molecular complexity index is 1050. The van der Waals surface area contributed by atoms with Gasteiger partial charge in [0.25, 0.3) is 11.8 Å². The maximum absolute atomic E-state index is 12.6. The smallest absolute Gasteiger partial charge is 0.354 e. The molecule has 2 amide bonds.